The zero-order valence-corrected chi connectivity index (χ0v) is 10.9. The zero-order valence-electron chi connectivity index (χ0n) is 10.1. The summed E-state index contributed by atoms with van der Waals surface area (Å²) in [6, 6.07) is 0.354. The van der Waals surface area contributed by atoms with Crippen LogP contribution >= 0.6 is 11.8 Å². The average molecular weight is 250 g/mol. The maximum Gasteiger partial charge on any atom is 0.146 e. The van der Waals surface area contributed by atoms with Crippen LogP contribution in [0.3, 0.4) is 0 Å². The van der Waals surface area contributed by atoms with Gasteiger partial charge in [-0.1, -0.05) is 0 Å². The van der Waals surface area contributed by atoms with Gasteiger partial charge in [-0.2, -0.15) is 11.8 Å². The van der Waals surface area contributed by atoms with E-state index in [4.69, 9.17) is 10.7 Å². The van der Waals surface area contributed by atoms with Crippen LogP contribution in [0.1, 0.15) is 36.3 Å². The Labute approximate surface area is 106 Å². The molecule has 5 heteroatoms. The normalized spacial score (nSPS) is 26.1. The molecular formula is C12H18N4S. The summed E-state index contributed by atoms with van der Waals surface area (Å²) in [5.74, 6) is 3.84. The third-order valence-electron chi connectivity index (χ3n) is 3.52. The third kappa shape index (κ3) is 2.26. The smallest absolute Gasteiger partial charge is 0.146 e. The number of nitrogens with two attached hydrogens (primary N) is 1. The maximum absolute atomic E-state index is 5.95. The Morgan fingerprint density at radius 2 is 2.29 bits per heavy atom. The lowest BCUT2D eigenvalue weighted by molar-refractivity contribution is 0.264. The summed E-state index contributed by atoms with van der Waals surface area (Å²) in [6.07, 6.45) is 4.26. The Morgan fingerprint density at radius 3 is 3.00 bits per heavy atom. The van der Waals surface area contributed by atoms with Crippen LogP contribution in [0.2, 0.25) is 0 Å². The first kappa shape index (κ1) is 11.3. The molecule has 0 amide bonds. The fourth-order valence-electron chi connectivity index (χ4n) is 2.22. The minimum absolute atomic E-state index is 0.354. The van der Waals surface area contributed by atoms with E-state index in [-0.39, 0.29) is 0 Å². The standard InChI is InChI=1S/C12H18N4S/c1-16-4-5-17-7-10(16)12-14-6-9(13)11(15-12)8-2-3-8/h6,8,10H,2-5,7,13H2,1H3. The van der Waals surface area contributed by atoms with Gasteiger partial charge in [0.2, 0.25) is 0 Å². The van der Waals surface area contributed by atoms with Crippen molar-refractivity contribution in [1.29, 1.82) is 0 Å². The lowest BCUT2D eigenvalue weighted by Gasteiger charge is -2.31. The van der Waals surface area contributed by atoms with Crippen LogP contribution in [-0.4, -0.2) is 40.0 Å². The highest BCUT2D eigenvalue weighted by Crippen LogP contribution is 2.41. The molecule has 1 aliphatic heterocycles. The fourth-order valence-corrected chi connectivity index (χ4v) is 3.43. The molecule has 4 nitrogen and oxygen atoms in total. The molecule has 1 aromatic rings. The van der Waals surface area contributed by atoms with Crippen molar-refractivity contribution >= 4 is 17.4 Å². The first-order valence-corrected chi connectivity index (χ1v) is 7.31. The van der Waals surface area contributed by atoms with Crippen molar-refractivity contribution in [3.8, 4) is 0 Å². The zero-order chi connectivity index (χ0) is 11.8. The van der Waals surface area contributed by atoms with Gasteiger partial charge in [0.05, 0.1) is 23.6 Å². The molecule has 1 saturated carbocycles. The molecule has 1 unspecified atom stereocenters. The molecule has 0 bridgehead atoms. The molecule has 1 atom stereocenters. The predicted octanol–water partition coefficient (Wildman–Crippen LogP) is 1.66. The quantitative estimate of drug-likeness (QED) is 0.865. The first-order valence-electron chi connectivity index (χ1n) is 6.16. The molecule has 1 aliphatic carbocycles. The van der Waals surface area contributed by atoms with E-state index in [1.54, 1.807) is 6.20 Å². The van der Waals surface area contributed by atoms with E-state index in [0.717, 1.165) is 29.5 Å². The monoisotopic (exact) mass is 250 g/mol. The Bertz CT molecular complexity index is 419. The van der Waals surface area contributed by atoms with Gasteiger partial charge in [0.25, 0.3) is 0 Å². The predicted molar refractivity (Wildman–Crippen MR) is 71.1 cm³/mol. The van der Waals surface area contributed by atoms with Crippen molar-refractivity contribution in [2.75, 3.05) is 30.8 Å². The summed E-state index contributed by atoms with van der Waals surface area (Å²) >= 11 is 1.98. The van der Waals surface area contributed by atoms with Gasteiger partial charge in [-0.3, -0.25) is 4.90 Å². The highest BCUT2D eigenvalue weighted by atomic mass is 32.2. The summed E-state index contributed by atoms with van der Waals surface area (Å²) in [6.45, 7) is 1.11. The summed E-state index contributed by atoms with van der Waals surface area (Å²) in [5.41, 5.74) is 7.80. The summed E-state index contributed by atoms with van der Waals surface area (Å²) < 4.78 is 0. The molecule has 2 aliphatic rings. The second-order valence-electron chi connectivity index (χ2n) is 4.91. The molecule has 2 heterocycles. The van der Waals surface area contributed by atoms with Gasteiger partial charge in [0.1, 0.15) is 5.82 Å². The average Bonchev–Trinajstić information content (AvgIpc) is 3.15. The van der Waals surface area contributed by atoms with Crippen molar-refractivity contribution in [2.24, 2.45) is 0 Å². The van der Waals surface area contributed by atoms with Crippen molar-refractivity contribution in [1.82, 2.24) is 14.9 Å². The van der Waals surface area contributed by atoms with Crippen molar-refractivity contribution < 1.29 is 0 Å². The Kier molecular flexibility index (Phi) is 2.96. The van der Waals surface area contributed by atoms with Crippen LogP contribution in [0, 0.1) is 0 Å². The Morgan fingerprint density at radius 1 is 1.47 bits per heavy atom. The number of nitrogen functional groups attached to an aromatic ring is 1. The number of aromatic nitrogens is 2. The number of hydrogen-bond donors (Lipinski definition) is 1. The van der Waals surface area contributed by atoms with Gasteiger partial charge >= 0.3 is 0 Å². The van der Waals surface area contributed by atoms with Crippen LogP contribution in [0.5, 0.6) is 0 Å². The minimum Gasteiger partial charge on any atom is -0.396 e. The largest absolute Gasteiger partial charge is 0.396 e. The SMILES string of the molecule is CN1CCSCC1c1ncc(N)c(C2CC2)n1. The van der Waals surface area contributed by atoms with Crippen molar-refractivity contribution in [3.05, 3.63) is 17.7 Å². The van der Waals surface area contributed by atoms with Crippen LogP contribution < -0.4 is 5.73 Å². The third-order valence-corrected chi connectivity index (χ3v) is 4.55. The molecule has 0 radical (unpaired) electrons. The molecule has 2 N–H and O–H groups in total. The van der Waals surface area contributed by atoms with E-state index in [2.05, 4.69) is 16.9 Å². The number of rotatable bonds is 2. The molecule has 0 spiro atoms. The second kappa shape index (κ2) is 4.46. The van der Waals surface area contributed by atoms with Crippen LogP contribution in [0.15, 0.2) is 6.20 Å². The van der Waals surface area contributed by atoms with Gasteiger partial charge < -0.3 is 5.73 Å². The molecule has 1 saturated heterocycles. The van der Waals surface area contributed by atoms with Crippen LogP contribution in [0.4, 0.5) is 5.69 Å². The van der Waals surface area contributed by atoms with Gasteiger partial charge in [-0.05, 0) is 19.9 Å². The minimum atomic E-state index is 0.354. The molecule has 2 fully saturated rings. The number of anilines is 1. The molecular weight excluding hydrogens is 232 g/mol. The van der Waals surface area contributed by atoms with Crippen LogP contribution in [-0.2, 0) is 0 Å². The summed E-state index contributed by atoms with van der Waals surface area (Å²) in [7, 11) is 2.15. The highest BCUT2D eigenvalue weighted by molar-refractivity contribution is 7.99. The van der Waals surface area contributed by atoms with Gasteiger partial charge in [0, 0.05) is 24.0 Å². The van der Waals surface area contributed by atoms with E-state index < -0.39 is 0 Å². The van der Waals surface area contributed by atoms with E-state index in [1.807, 2.05) is 11.8 Å². The molecule has 1 aromatic heterocycles. The van der Waals surface area contributed by atoms with E-state index in [9.17, 15) is 0 Å². The lowest BCUT2D eigenvalue weighted by Crippen LogP contribution is -2.34. The van der Waals surface area contributed by atoms with Crippen molar-refractivity contribution in [2.45, 2.75) is 24.8 Å². The lowest BCUT2D eigenvalue weighted by atomic mass is 10.2. The molecule has 17 heavy (non-hydrogen) atoms. The van der Waals surface area contributed by atoms with Crippen molar-refractivity contribution in [3.63, 3.8) is 0 Å². The Hall–Kier alpha value is -0.810. The molecule has 3 rings (SSSR count). The second-order valence-corrected chi connectivity index (χ2v) is 6.06. The fraction of sp³-hybridized carbons (Fsp3) is 0.667. The van der Waals surface area contributed by atoms with E-state index in [0.29, 0.717) is 12.0 Å². The summed E-state index contributed by atoms with van der Waals surface area (Å²) in [5, 5.41) is 0. The van der Waals surface area contributed by atoms with Crippen LogP contribution in [0.25, 0.3) is 0 Å². The summed E-state index contributed by atoms with van der Waals surface area (Å²) in [4.78, 5) is 11.5. The topological polar surface area (TPSA) is 55.0 Å². The maximum atomic E-state index is 5.95. The Balaban J connectivity index is 1.88. The van der Waals surface area contributed by atoms with E-state index >= 15 is 0 Å². The molecule has 92 valence electrons. The molecule has 0 aromatic carbocycles. The number of thioether (sulfide) groups is 1. The van der Waals surface area contributed by atoms with Gasteiger partial charge in [0.15, 0.2) is 0 Å². The first-order chi connectivity index (χ1) is 8.25. The number of nitrogens with zero attached hydrogens (tertiary/aromatic N) is 3. The van der Waals surface area contributed by atoms with E-state index in [1.165, 1.54) is 18.6 Å². The van der Waals surface area contributed by atoms with Gasteiger partial charge in [-0.25, -0.2) is 9.97 Å². The number of hydrogen-bond acceptors (Lipinski definition) is 5. The van der Waals surface area contributed by atoms with Gasteiger partial charge in [-0.15, -0.1) is 0 Å². The highest BCUT2D eigenvalue weighted by Gasteiger charge is 2.30.